The fourth-order valence-corrected chi connectivity index (χ4v) is 2.39. The van der Waals surface area contributed by atoms with Gasteiger partial charge in [-0.05, 0) is 30.2 Å². The molecule has 0 aliphatic rings. The first-order valence-electron chi connectivity index (χ1n) is 7.74. The van der Waals surface area contributed by atoms with Gasteiger partial charge >= 0.3 is 0 Å². The lowest BCUT2D eigenvalue weighted by Crippen LogP contribution is -2.31. The highest BCUT2D eigenvalue weighted by Crippen LogP contribution is 2.33. The van der Waals surface area contributed by atoms with Gasteiger partial charge in [-0.3, -0.25) is 0 Å². The second-order valence-corrected chi connectivity index (χ2v) is 7.12. The summed E-state index contributed by atoms with van der Waals surface area (Å²) >= 11 is 0. The molecule has 0 heterocycles. The van der Waals surface area contributed by atoms with Gasteiger partial charge in [0.25, 0.3) is 0 Å². The average Bonchev–Trinajstić information content (AvgIpc) is 2.44. The van der Waals surface area contributed by atoms with Crippen LogP contribution in [0.2, 0.25) is 0 Å². The first kappa shape index (κ1) is 15.8. The third kappa shape index (κ3) is 3.56. The van der Waals surface area contributed by atoms with Gasteiger partial charge in [-0.15, -0.1) is 0 Å². The highest BCUT2D eigenvalue weighted by atomic mass is 16.3. The fraction of sp³-hybridized carbons (Fsp3) is 0.474. The molecule has 0 saturated heterocycles. The van der Waals surface area contributed by atoms with Crippen LogP contribution in [0, 0.1) is 11.3 Å². The second-order valence-electron chi connectivity index (χ2n) is 7.12. The van der Waals surface area contributed by atoms with Crippen LogP contribution in [-0.2, 0) is 0 Å². The van der Waals surface area contributed by atoms with Crippen molar-refractivity contribution >= 4 is 10.8 Å². The van der Waals surface area contributed by atoms with Crippen molar-refractivity contribution in [3.8, 4) is 5.75 Å². The van der Waals surface area contributed by atoms with Crippen LogP contribution in [0.3, 0.4) is 0 Å². The molecule has 0 aliphatic carbocycles. The van der Waals surface area contributed by atoms with Crippen molar-refractivity contribution in [3.63, 3.8) is 0 Å². The largest absolute Gasteiger partial charge is 0.507 e. The normalized spacial score (nSPS) is 15.1. The maximum Gasteiger partial charge on any atom is 0.128 e. The van der Waals surface area contributed by atoms with Crippen LogP contribution >= 0.6 is 0 Å². The Morgan fingerprint density at radius 1 is 1.05 bits per heavy atom. The van der Waals surface area contributed by atoms with Crippen LogP contribution in [-0.4, -0.2) is 11.7 Å². The van der Waals surface area contributed by atoms with Crippen LogP contribution in [0.25, 0.3) is 10.8 Å². The minimum absolute atomic E-state index is 0.138. The Morgan fingerprint density at radius 3 is 2.38 bits per heavy atom. The molecule has 0 bridgehead atoms. The molecule has 2 aromatic rings. The minimum Gasteiger partial charge on any atom is -0.507 e. The van der Waals surface area contributed by atoms with Crippen LogP contribution in [0.15, 0.2) is 36.4 Å². The zero-order valence-electron chi connectivity index (χ0n) is 13.8. The van der Waals surface area contributed by atoms with Gasteiger partial charge in [0.15, 0.2) is 0 Å². The van der Waals surface area contributed by atoms with Crippen molar-refractivity contribution in [1.82, 2.24) is 5.32 Å². The second kappa shape index (κ2) is 6.07. The molecule has 2 atom stereocenters. The van der Waals surface area contributed by atoms with Crippen molar-refractivity contribution in [1.29, 1.82) is 0 Å². The molecule has 0 aromatic heterocycles. The number of phenols is 1. The molecule has 2 unspecified atom stereocenters. The Kier molecular flexibility index (Phi) is 4.58. The summed E-state index contributed by atoms with van der Waals surface area (Å²) in [6.07, 6.45) is 0. The lowest BCUT2D eigenvalue weighted by molar-refractivity contribution is 0.246. The monoisotopic (exact) mass is 285 g/mol. The number of fused-ring (bicyclic) bond motifs is 1. The van der Waals surface area contributed by atoms with E-state index in [1.807, 2.05) is 30.3 Å². The smallest absolute Gasteiger partial charge is 0.128 e. The minimum atomic E-state index is 0.138. The molecule has 21 heavy (non-hydrogen) atoms. The highest BCUT2D eigenvalue weighted by Gasteiger charge is 2.21. The molecular formula is C19H27NO. The Labute approximate surface area is 128 Å². The Balaban J connectivity index is 2.16. The third-order valence-corrected chi connectivity index (χ3v) is 4.61. The van der Waals surface area contributed by atoms with Crippen LogP contribution in [0.1, 0.15) is 46.2 Å². The van der Waals surface area contributed by atoms with E-state index in [0.717, 1.165) is 22.9 Å². The Hall–Kier alpha value is -1.54. The summed E-state index contributed by atoms with van der Waals surface area (Å²) in [6.45, 7) is 12.1. The third-order valence-electron chi connectivity index (χ3n) is 4.61. The number of hydrogen-bond acceptors (Lipinski definition) is 2. The van der Waals surface area contributed by atoms with E-state index in [1.54, 1.807) is 0 Å². The van der Waals surface area contributed by atoms with Gasteiger partial charge in [0.2, 0.25) is 0 Å². The summed E-state index contributed by atoms with van der Waals surface area (Å²) < 4.78 is 0. The summed E-state index contributed by atoms with van der Waals surface area (Å²) in [5.74, 6) is 0.971. The molecule has 0 amide bonds. The van der Waals surface area contributed by atoms with Crippen molar-refractivity contribution in [3.05, 3.63) is 42.0 Å². The van der Waals surface area contributed by atoms with Crippen molar-refractivity contribution in [2.75, 3.05) is 6.54 Å². The van der Waals surface area contributed by atoms with E-state index >= 15 is 0 Å². The predicted octanol–water partition coefficient (Wildman–Crippen LogP) is 4.88. The van der Waals surface area contributed by atoms with E-state index in [0.29, 0.717) is 11.7 Å². The lowest BCUT2D eigenvalue weighted by Gasteiger charge is -2.29. The zero-order valence-corrected chi connectivity index (χ0v) is 13.8. The number of phenolic OH excluding ortho intramolecular Hbond substituents is 1. The SMILES string of the molecule is CC(NCC(C)C(C)(C)C)c1ccc2ccccc2c1O. The summed E-state index contributed by atoms with van der Waals surface area (Å²) in [5, 5.41) is 16.1. The van der Waals surface area contributed by atoms with Gasteiger partial charge in [0.1, 0.15) is 5.75 Å². The topological polar surface area (TPSA) is 32.3 Å². The first-order chi connectivity index (χ1) is 9.80. The molecule has 0 saturated carbocycles. The fourth-order valence-electron chi connectivity index (χ4n) is 2.39. The molecule has 2 aromatic carbocycles. The molecule has 2 N–H and O–H groups in total. The predicted molar refractivity (Wildman–Crippen MR) is 90.6 cm³/mol. The highest BCUT2D eigenvalue weighted by molar-refractivity contribution is 5.89. The Bertz CT molecular complexity index is 612. The van der Waals surface area contributed by atoms with E-state index in [2.05, 4.69) is 46.0 Å². The standard InChI is InChI=1S/C19H27NO/c1-13(19(3,4)5)12-20-14(2)16-11-10-15-8-6-7-9-17(15)18(16)21/h6-11,13-14,20-21H,12H2,1-5H3. The molecule has 2 rings (SSSR count). The maximum atomic E-state index is 10.5. The summed E-state index contributed by atoms with van der Waals surface area (Å²) in [7, 11) is 0. The molecular weight excluding hydrogens is 258 g/mol. The zero-order chi connectivity index (χ0) is 15.6. The van der Waals surface area contributed by atoms with Gasteiger partial charge < -0.3 is 10.4 Å². The summed E-state index contributed by atoms with van der Waals surface area (Å²) in [6, 6.07) is 12.2. The quantitative estimate of drug-likeness (QED) is 0.839. The Morgan fingerprint density at radius 2 is 1.71 bits per heavy atom. The van der Waals surface area contributed by atoms with Crippen LogP contribution in [0.4, 0.5) is 0 Å². The molecule has 0 radical (unpaired) electrons. The molecule has 2 nitrogen and oxygen atoms in total. The van der Waals surface area contributed by atoms with Gasteiger partial charge in [-0.25, -0.2) is 0 Å². The molecule has 114 valence electrons. The van der Waals surface area contributed by atoms with E-state index in [-0.39, 0.29) is 11.5 Å². The average molecular weight is 285 g/mol. The van der Waals surface area contributed by atoms with Crippen molar-refractivity contribution in [2.45, 2.75) is 40.7 Å². The first-order valence-corrected chi connectivity index (χ1v) is 7.74. The molecule has 2 heteroatoms. The molecule has 0 aliphatic heterocycles. The number of aromatic hydroxyl groups is 1. The number of benzene rings is 2. The maximum absolute atomic E-state index is 10.5. The van der Waals surface area contributed by atoms with E-state index in [4.69, 9.17) is 0 Å². The van der Waals surface area contributed by atoms with Crippen LogP contribution in [0.5, 0.6) is 5.75 Å². The van der Waals surface area contributed by atoms with Gasteiger partial charge in [-0.2, -0.15) is 0 Å². The number of rotatable bonds is 4. The lowest BCUT2D eigenvalue weighted by atomic mass is 9.82. The molecule has 0 fully saturated rings. The summed E-state index contributed by atoms with van der Waals surface area (Å²) in [5.41, 5.74) is 1.26. The van der Waals surface area contributed by atoms with Gasteiger partial charge in [-0.1, -0.05) is 64.1 Å². The van der Waals surface area contributed by atoms with Crippen molar-refractivity contribution < 1.29 is 5.11 Å². The molecule has 0 spiro atoms. The van der Waals surface area contributed by atoms with Gasteiger partial charge in [0, 0.05) is 17.0 Å². The number of hydrogen-bond donors (Lipinski definition) is 2. The van der Waals surface area contributed by atoms with Gasteiger partial charge in [0.05, 0.1) is 0 Å². The van der Waals surface area contributed by atoms with E-state index < -0.39 is 0 Å². The summed E-state index contributed by atoms with van der Waals surface area (Å²) in [4.78, 5) is 0. The number of nitrogens with one attached hydrogen (secondary N) is 1. The van der Waals surface area contributed by atoms with E-state index in [1.165, 1.54) is 0 Å². The van der Waals surface area contributed by atoms with Crippen LogP contribution < -0.4 is 5.32 Å². The van der Waals surface area contributed by atoms with Crippen molar-refractivity contribution in [2.24, 2.45) is 11.3 Å². The van der Waals surface area contributed by atoms with E-state index in [9.17, 15) is 5.11 Å².